The Morgan fingerprint density at radius 3 is 2.60 bits per heavy atom. The molecule has 0 aromatic heterocycles. The molecule has 2 rings (SSSR count). The highest BCUT2D eigenvalue weighted by molar-refractivity contribution is 7.91. The summed E-state index contributed by atoms with van der Waals surface area (Å²) in [5, 5.41) is 3.54. The smallest absolute Gasteiger partial charge is 0.152 e. The van der Waals surface area contributed by atoms with E-state index in [1.54, 1.807) is 0 Å². The van der Waals surface area contributed by atoms with Gasteiger partial charge in [-0.15, -0.1) is 0 Å². The quantitative estimate of drug-likeness (QED) is 0.836. The van der Waals surface area contributed by atoms with Crippen LogP contribution in [0.3, 0.4) is 0 Å². The van der Waals surface area contributed by atoms with Crippen molar-refractivity contribution >= 4 is 9.84 Å². The van der Waals surface area contributed by atoms with E-state index in [1.807, 2.05) is 0 Å². The van der Waals surface area contributed by atoms with E-state index in [4.69, 9.17) is 0 Å². The number of sulfone groups is 1. The third-order valence-electron chi connectivity index (χ3n) is 4.93. The van der Waals surface area contributed by atoms with Crippen LogP contribution in [0.15, 0.2) is 0 Å². The Kier molecular flexibility index (Phi) is 5.49. The van der Waals surface area contributed by atoms with Crippen molar-refractivity contribution in [3.63, 3.8) is 0 Å². The largest absolute Gasteiger partial charge is 0.316 e. The highest BCUT2D eigenvalue weighted by Gasteiger charge is 2.37. The Labute approximate surface area is 124 Å². The molecule has 4 nitrogen and oxygen atoms in total. The van der Waals surface area contributed by atoms with Crippen LogP contribution in [0.2, 0.25) is 0 Å². The third-order valence-corrected chi connectivity index (χ3v) is 6.54. The first-order valence-electron chi connectivity index (χ1n) is 8.08. The van der Waals surface area contributed by atoms with E-state index >= 15 is 0 Å². The zero-order valence-corrected chi connectivity index (χ0v) is 13.8. The predicted octanol–water partition coefficient (Wildman–Crippen LogP) is 1.52. The fourth-order valence-corrected chi connectivity index (χ4v) is 5.18. The molecular formula is C15H30N2O2S. The standard InChI is InChI=1S/C15H30N2O2S/c1-3-16-12-15(6-4-5-14(2)11-15)13-17-7-9-20(18,19)10-8-17/h14,16H,3-13H2,1-2H3. The van der Waals surface area contributed by atoms with Crippen LogP contribution in [0.4, 0.5) is 0 Å². The molecule has 2 atom stereocenters. The first-order chi connectivity index (χ1) is 9.45. The van der Waals surface area contributed by atoms with Gasteiger partial charge in [-0.2, -0.15) is 0 Å². The lowest BCUT2D eigenvalue weighted by Crippen LogP contribution is -2.50. The van der Waals surface area contributed by atoms with E-state index in [2.05, 4.69) is 24.1 Å². The number of rotatable bonds is 5. The van der Waals surface area contributed by atoms with Crippen LogP contribution < -0.4 is 5.32 Å². The highest BCUT2D eigenvalue weighted by Crippen LogP contribution is 2.39. The minimum absolute atomic E-state index is 0.347. The summed E-state index contributed by atoms with van der Waals surface area (Å²) in [7, 11) is -2.76. The lowest BCUT2D eigenvalue weighted by atomic mass is 9.69. The van der Waals surface area contributed by atoms with Gasteiger partial charge < -0.3 is 10.2 Å². The number of hydrogen-bond acceptors (Lipinski definition) is 4. The molecule has 1 aliphatic carbocycles. The van der Waals surface area contributed by atoms with Crippen molar-refractivity contribution < 1.29 is 8.42 Å². The average molecular weight is 302 g/mol. The molecule has 0 spiro atoms. The monoisotopic (exact) mass is 302 g/mol. The maximum Gasteiger partial charge on any atom is 0.152 e. The summed E-state index contributed by atoms with van der Waals surface area (Å²) >= 11 is 0. The minimum atomic E-state index is -2.76. The van der Waals surface area contributed by atoms with Gasteiger partial charge in [0, 0.05) is 26.2 Å². The van der Waals surface area contributed by atoms with Crippen LogP contribution >= 0.6 is 0 Å². The van der Waals surface area contributed by atoms with Gasteiger partial charge >= 0.3 is 0 Å². The molecule has 1 saturated carbocycles. The molecule has 20 heavy (non-hydrogen) atoms. The van der Waals surface area contributed by atoms with Crippen LogP contribution in [0, 0.1) is 11.3 Å². The van der Waals surface area contributed by atoms with E-state index in [0.29, 0.717) is 16.9 Å². The van der Waals surface area contributed by atoms with Crippen LogP contribution in [0.1, 0.15) is 39.5 Å². The topological polar surface area (TPSA) is 49.4 Å². The van der Waals surface area contributed by atoms with Crippen molar-refractivity contribution in [3.05, 3.63) is 0 Å². The summed E-state index contributed by atoms with van der Waals surface area (Å²) in [4.78, 5) is 2.39. The normalized spacial score (nSPS) is 35.0. The summed E-state index contributed by atoms with van der Waals surface area (Å²) < 4.78 is 23.1. The second kappa shape index (κ2) is 6.75. The van der Waals surface area contributed by atoms with Crippen molar-refractivity contribution in [2.75, 3.05) is 44.2 Å². The maximum atomic E-state index is 11.6. The molecule has 0 bridgehead atoms. The molecule has 1 heterocycles. The zero-order chi connectivity index (χ0) is 14.6. The van der Waals surface area contributed by atoms with Crippen molar-refractivity contribution in [2.24, 2.45) is 11.3 Å². The summed E-state index contributed by atoms with van der Waals surface area (Å²) in [5.74, 6) is 1.50. The highest BCUT2D eigenvalue weighted by atomic mass is 32.2. The molecule has 0 radical (unpaired) electrons. The Balaban J connectivity index is 1.97. The molecule has 2 fully saturated rings. The number of nitrogens with zero attached hydrogens (tertiary/aromatic N) is 1. The van der Waals surface area contributed by atoms with E-state index in [9.17, 15) is 8.42 Å². The zero-order valence-electron chi connectivity index (χ0n) is 13.0. The van der Waals surface area contributed by atoms with Gasteiger partial charge in [-0.05, 0) is 30.7 Å². The van der Waals surface area contributed by atoms with Gasteiger partial charge in [0.1, 0.15) is 0 Å². The molecule has 2 aliphatic rings. The summed E-state index contributed by atoms with van der Waals surface area (Å²) in [5.41, 5.74) is 0.356. The molecule has 2 unspecified atom stereocenters. The van der Waals surface area contributed by atoms with Crippen molar-refractivity contribution in [1.82, 2.24) is 10.2 Å². The fraction of sp³-hybridized carbons (Fsp3) is 1.00. The Morgan fingerprint density at radius 1 is 1.30 bits per heavy atom. The second-order valence-electron chi connectivity index (χ2n) is 6.91. The van der Waals surface area contributed by atoms with Crippen molar-refractivity contribution in [3.8, 4) is 0 Å². The first kappa shape index (κ1) is 16.2. The number of hydrogen-bond donors (Lipinski definition) is 1. The van der Waals surface area contributed by atoms with Gasteiger partial charge in [0.05, 0.1) is 11.5 Å². The maximum absolute atomic E-state index is 11.6. The van der Waals surface area contributed by atoms with E-state index in [0.717, 1.165) is 38.6 Å². The van der Waals surface area contributed by atoms with E-state index in [-0.39, 0.29) is 0 Å². The Morgan fingerprint density at radius 2 is 2.00 bits per heavy atom. The molecule has 0 aromatic carbocycles. The van der Waals surface area contributed by atoms with Crippen LogP contribution in [-0.2, 0) is 9.84 Å². The molecule has 5 heteroatoms. The SMILES string of the molecule is CCNCC1(CN2CCS(=O)(=O)CC2)CCCC(C)C1. The van der Waals surface area contributed by atoms with Crippen LogP contribution in [0.25, 0.3) is 0 Å². The Hall–Kier alpha value is -0.130. The molecule has 1 aliphatic heterocycles. The van der Waals surface area contributed by atoms with Gasteiger partial charge in [0.15, 0.2) is 9.84 Å². The minimum Gasteiger partial charge on any atom is -0.316 e. The van der Waals surface area contributed by atoms with E-state index < -0.39 is 9.84 Å². The van der Waals surface area contributed by atoms with Gasteiger partial charge in [-0.3, -0.25) is 0 Å². The van der Waals surface area contributed by atoms with Crippen molar-refractivity contribution in [1.29, 1.82) is 0 Å². The lowest BCUT2D eigenvalue weighted by Gasteiger charge is -2.44. The summed E-state index contributed by atoms with van der Waals surface area (Å²) in [6.07, 6.45) is 5.23. The third kappa shape index (κ3) is 4.43. The van der Waals surface area contributed by atoms with Crippen molar-refractivity contribution in [2.45, 2.75) is 39.5 Å². The number of nitrogens with one attached hydrogen (secondary N) is 1. The Bertz CT molecular complexity index is 396. The summed E-state index contributed by atoms with van der Waals surface area (Å²) in [6.45, 7) is 9.14. The van der Waals surface area contributed by atoms with Gasteiger partial charge in [0.25, 0.3) is 0 Å². The average Bonchev–Trinajstić information content (AvgIpc) is 2.39. The summed E-state index contributed by atoms with van der Waals surface area (Å²) in [6, 6.07) is 0. The fourth-order valence-electron chi connectivity index (χ4n) is 3.90. The molecule has 1 N–H and O–H groups in total. The predicted molar refractivity (Wildman–Crippen MR) is 83.7 cm³/mol. The van der Waals surface area contributed by atoms with Crippen LogP contribution in [0.5, 0.6) is 0 Å². The van der Waals surface area contributed by atoms with Gasteiger partial charge in [-0.1, -0.05) is 26.7 Å². The van der Waals surface area contributed by atoms with E-state index in [1.165, 1.54) is 25.7 Å². The molecule has 118 valence electrons. The first-order valence-corrected chi connectivity index (χ1v) is 9.90. The molecular weight excluding hydrogens is 272 g/mol. The second-order valence-corrected chi connectivity index (χ2v) is 9.21. The molecule has 0 amide bonds. The molecule has 1 saturated heterocycles. The van der Waals surface area contributed by atoms with Gasteiger partial charge in [0.2, 0.25) is 0 Å². The van der Waals surface area contributed by atoms with Crippen LogP contribution in [-0.4, -0.2) is 57.5 Å². The molecule has 0 aromatic rings. The van der Waals surface area contributed by atoms with Gasteiger partial charge in [-0.25, -0.2) is 8.42 Å². The lowest BCUT2D eigenvalue weighted by molar-refractivity contribution is 0.0844.